The summed E-state index contributed by atoms with van der Waals surface area (Å²) in [6, 6.07) is 14.3. The van der Waals surface area contributed by atoms with E-state index in [0.717, 1.165) is 11.3 Å². The SMILES string of the molecule is Cc1ccccc1OCCOc1ccccc1C(=O)O. The van der Waals surface area contributed by atoms with Crippen molar-refractivity contribution in [3.8, 4) is 11.5 Å². The van der Waals surface area contributed by atoms with Gasteiger partial charge < -0.3 is 14.6 Å². The molecule has 0 aliphatic rings. The van der Waals surface area contributed by atoms with Gasteiger partial charge in [0.15, 0.2) is 0 Å². The number of benzene rings is 2. The van der Waals surface area contributed by atoms with Crippen LogP contribution >= 0.6 is 0 Å². The Balaban J connectivity index is 1.88. The molecule has 20 heavy (non-hydrogen) atoms. The lowest BCUT2D eigenvalue weighted by molar-refractivity contribution is 0.0691. The minimum atomic E-state index is -1.000. The molecule has 1 N–H and O–H groups in total. The zero-order valence-corrected chi connectivity index (χ0v) is 11.2. The number of para-hydroxylation sites is 2. The Morgan fingerprint density at radius 3 is 2.15 bits per heavy atom. The van der Waals surface area contributed by atoms with Crippen LogP contribution in [0.4, 0.5) is 0 Å². The van der Waals surface area contributed by atoms with E-state index >= 15 is 0 Å². The minimum Gasteiger partial charge on any atom is -0.490 e. The van der Waals surface area contributed by atoms with Gasteiger partial charge in [-0.1, -0.05) is 30.3 Å². The van der Waals surface area contributed by atoms with E-state index in [-0.39, 0.29) is 5.56 Å². The molecule has 2 aromatic rings. The third kappa shape index (κ3) is 3.51. The highest BCUT2D eigenvalue weighted by Gasteiger charge is 2.09. The monoisotopic (exact) mass is 272 g/mol. The Morgan fingerprint density at radius 2 is 1.50 bits per heavy atom. The van der Waals surface area contributed by atoms with Crippen molar-refractivity contribution in [2.75, 3.05) is 13.2 Å². The van der Waals surface area contributed by atoms with Crippen LogP contribution in [0.15, 0.2) is 48.5 Å². The molecule has 0 saturated heterocycles. The molecule has 0 fully saturated rings. The second kappa shape index (κ2) is 6.61. The van der Waals surface area contributed by atoms with Gasteiger partial charge in [-0.2, -0.15) is 0 Å². The number of carboxylic acids is 1. The molecule has 0 unspecified atom stereocenters. The molecule has 4 heteroatoms. The summed E-state index contributed by atoms with van der Waals surface area (Å²) >= 11 is 0. The smallest absolute Gasteiger partial charge is 0.339 e. The van der Waals surface area contributed by atoms with Crippen LogP contribution < -0.4 is 9.47 Å². The molecule has 104 valence electrons. The maximum Gasteiger partial charge on any atom is 0.339 e. The van der Waals surface area contributed by atoms with E-state index in [1.807, 2.05) is 31.2 Å². The van der Waals surface area contributed by atoms with Gasteiger partial charge in [0, 0.05) is 0 Å². The summed E-state index contributed by atoms with van der Waals surface area (Å²) in [6.07, 6.45) is 0. The molecule has 0 radical (unpaired) electrons. The summed E-state index contributed by atoms with van der Waals surface area (Å²) in [5.41, 5.74) is 1.21. The Kier molecular flexibility index (Phi) is 4.60. The zero-order chi connectivity index (χ0) is 14.4. The number of carboxylic acid groups (broad SMARTS) is 1. The summed E-state index contributed by atoms with van der Waals surface area (Å²) in [5.74, 6) is 0.163. The molecule has 2 aromatic carbocycles. The van der Waals surface area contributed by atoms with Crippen molar-refractivity contribution < 1.29 is 19.4 Å². The highest BCUT2D eigenvalue weighted by molar-refractivity contribution is 5.90. The van der Waals surface area contributed by atoms with E-state index in [9.17, 15) is 4.79 Å². The van der Waals surface area contributed by atoms with Gasteiger partial charge in [0.05, 0.1) is 0 Å². The molecule has 0 atom stereocenters. The minimum absolute atomic E-state index is 0.156. The molecule has 4 nitrogen and oxygen atoms in total. The Bertz CT molecular complexity index is 593. The fourth-order valence-electron chi connectivity index (χ4n) is 1.79. The summed E-state index contributed by atoms with van der Waals surface area (Å²) in [6.45, 7) is 2.62. The van der Waals surface area contributed by atoms with E-state index in [1.54, 1.807) is 18.2 Å². The zero-order valence-electron chi connectivity index (χ0n) is 11.2. The number of hydrogen-bond acceptors (Lipinski definition) is 3. The van der Waals surface area contributed by atoms with Crippen LogP contribution in [-0.2, 0) is 0 Å². The molecule has 0 amide bonds. The first-order valence-corrected chi connectivity index (χ1v) is 6.32. The molecule has 0 aliphatic heterocycles. The summed E-state index contributed by atoms with van der Waals surface area (Å²) in [7, 11) is 0. The van der Waals surface area contributed by atoms with Gasteiger partial charge in [-0.3, -0.25) is 0 Å². The van der Waals surface area contributed by atoms with Crippen molar-refractivity contribution in [3.05, 3.63) is 59.7 Å². The fraction of sp³-hybridized carbons (Fsp3) is 0.188. The molecule has 0 aromatic heterocycles. The van der Waals surface area contributed by atoms with Crippen LogP contribution in [0.2, 0.25) is 0 Å². The maximum atomic E-state index is 11.0. The van der Waals surface area contributed by atoms with Gasteiger partial charge in [0.2, 0.25) is 0 Å². The summed E-state index contributed by atoms with van der Waals surface area (Å²) < 4.78 is 11.0. The van der Waals surface area contributed by atoms with E-state index in [4.69, 9.17) is 14.6 Å². The largest absolute Gasteiger partial charge is 0.490 e. The molecule has 0 bridgehead atoms. The van der Waals surface area contributed by atoms with E-state index in [0.29, 0.717) is 19.0 Å². The average molecular weight is 272 g/mol. The van der Waals surface area contributed by atoms with Crippen LogP contribution in [-0.4, -0.2) is 24.3 Å². The van der Waals surface area contributed by atoms with Crippen LogP contribution in [0.25, 0.3) is 0 Å². The average Bonchev–Trinajstić information content (AvgIpc) is 2.45. The van der Waals surface area contributed by atoms with Gasteiger partial charge in [-0.15, -0.1) is 0 Å². The van der Waals surface area contributed by atoms with Crippen LogP contribution in [0.5, 0.6) is 11.5 Å². The molecular weight excluding hydrogens is 256 g/mol. The second-order valence-corrected chi connectivity index (χ2v) is 4.26. The van der Waals surface area contributed by atoms with E-state index < -0.39 is 5.97 Å². The molecular formula is C16H16O4. The predicted octanol–water partition coefficient (Wildman–Crippen LogP) is 3.15. The van der Waals surface area contributed by atoms with Crippen molar-refractivity contribution in [1.29, 1.82) is 0 Å². The van der Waals surface area contributed by atoms with Crippen molar-refractivity contribution >= 4 is 5.97 Å². The van der Waals surface area contributed by atoms with Crippen molar-refractivity contribution in [2.45, 2.75) is 6.92 Å². The lowest BCUT2D eigenvalue weighted by Crippen LogP contribution is -2.11. The Morgan fingerprint density at radius 1 is 0.950 bits per heavy atom. The fourth-order valence-corrected chi connectivity index (χ4v) is 1.79. The highest BCUT2D eigenvalue weighted by atomic mass is 16.5. The standard InChI is InChI=1S/C16H16O4/c1-12-6-2-4-8-14(12)19-10-11-20-15-9-5-3-7-13(15)16(17)18/h2-9H,10-11H2,1H3,(H,17,18). The predicted molar refractivity (Wildman–Crippen MR) is 75.6 cm³/mol. The topological polar surface area (TPSA) is 55.8 Å². The first-order chi connectivity index (χ1) is 9.68. The summed E-state index contributed by atoms with van der Waals surface area (Å²) in [4.78, 5) is 11.0. The van der Waals surface area contributed by atoms with Crippen LogP contribution in [0, 0.1) is 6.92 Å². The normalized spacial score (nSPS) is 10.1. The van der Waals surface area contributed by atoms with Gasteiger partial charge in [-0.25, -0.2) is 4.79 Å². The van der Waals surface area contributed by atoms with Gasteiger partial charge >= 0.3 is 5.97 Å². The quantitative estimate of drug-likeness (QED) is 0.821. The van der Waals surface area contributed by atoms with Crippen LogP contribution in [0.3, 0.4) is 0 Å². The number of rotatable bonds is 6. The Labute approximate surface area is 117 Å². The van der Waals surface area contributed by atoms with E-state index in [1.165, 1.54) is 6.07 Å². The maximum absolute atomic E-state index is 11.0. The summed E-state index contributed by atoms with van der Waals surface area (Å²) in [5, 5.41) is 9.03. The Hall–Kier alpha value is -2.49. The van der Waals surface area contributed by atoms with Gasteiger partial charge in [-0.05, 0) is 30.7 Å². The lowest BCUT2D eigenvalue weighted by Gasteiger charge is -2.11. The number of ether oxygens (including phenoxy) is 2. The third-order valence-electron chi connectivity index (χ3n) is 2.81. The van der Waals surface area contributed by atoms with Crippen molar-refractivity contribution in [3.63, 3.8) is 0 Å². The molecule has 0 aliphatic carbocycles. The van der Waals surface area contributed by atoms with Gasteiger partial charge in [0.25, 0.3) is 0 Å². The second-order valence-electron chi connectivity index (χ2n) is 4.26. The first-order valence-electron chi connectivity index (χ1n) is 6.32. The number of carbonyl (C=O) groups is 1. The molecule has 0 saturated carbocycles. The first kappa shape index (κ1) is 13.9. The molecule has 0 spiro atoms. The molecule has 0 heterocycles. The highest BCUT2D eigenvalue weighted by Crippen LogP contribution is 2.18. The number of aryl methyl sites for hydroxylation is 1. The number of aromatic carboxylic acids is 1. The lowest BCUT2D eigenvalue weighted by atomic mass is 10.2. The number of hydrogen-bond donors (Lipinski definition) is 1. The van der Waals surface area contributed by atoms with Gasteiger partial charge in [0.1, 0.15) is 30.3 Å². The van der Waals surface area contributed by atoms with Crippen LogP contribution in [0.1, 0.15) is 15.9 Å². The van der Waals surface area contributed by atoms with Crippen molar-refractivity contribution in [2.24, 2.45) is 0 Å². The third-order valence-corrected chi connectivity index (χ3v) is 2.81. The molecule has 2 rings (SSSR count). The van der Waals surface area contributed by atoms with E-state index in [2.05, 4.69) is 0 Å². The van der Waals surface area contributed by atoms with Crippen molar-refractivity contribution in [1.82, 2.24) is 0 Å².